The molecular weight excluding hydrogens is 440 g/mol. The number of Topliss-reactive ketones (excluding diaryl/α,β-unsaturated/α-hetero) is 1. The number of carbonyl (C=O) groups is 2. The van der Waals surface area contributed by atoms with Gasteiger partial charge in [0.2, 0.25) is 0 Å². The molecule has 1 atom stereocenters. The molecule has 0 saturated carbocycles. The summed E-state index contributed by atoms with van der Waals surface area (Å²) in [5.41, 5.74) is 2.93. The van der Waals surface area contributed by atoms with Crippen molar-refractivity contribution in [3.8, 4) is 5.75 Å². The van der Waals surface area contributed by atoms with Gasteiger partial charge in [0, 0.05) is 31.2 Å². The lowest BCUT2D eigenvalue weighted by atomic mass is 10.0. The van der Waals surface area contributed by atoms with Crippen LogP contribution in [0.5, 0.6) is 5.75 Å². The molecule has 1 saturated heterocycles. The number of halogens is 1. The van der Waals surface area contributed by atoms with Gasteiger partial charge < -0.3 is 25.2 Å². The molecule has 0 aliphatic carbocycles. The smallest absolute Gasteiger partial charge is 0.263 e. The summed E-state index contributed by atoms with van der Waals surface area (Å²) in [6.45, 7) is 4.98. The average Bonchev–Trinajstić information content (AvgIpc) is 3.44. The highest BCUT2D eigenvalue weighted by Gasteiger charge is 2.40. The number of ether oxygens (including phenoxy) is 1. The molecule has 174 valence electrons. The monoisotopic (exact) mass is 468 g/mol. The Kier molecular flexibility index (Phi) is 6.91. The van der Waals surface area contributed by atoms with Gasteiger partial charge in [0.1, 0.15) is 23.8 Å². The molecule has 0 spiro atoms. The van der Waals surface area contributed by atoms with Crippen LogP contribution in [0, 0.1) is 0 Å². The van der Waals surface area contributed by atoms with E-state index in [-0.39, 0.29) is 29.7 Å². The van der Waals surface area contributed by atoms with Crippen molar-refractivity contribution in [2.24, 2.45) is 0 Å². The highest BCUT2D eigenvalue weighted by Crippen LogP contribution is 2.44. The summed E-state index contributed by atoms with van der Waals surface area (Å²) in [7, 11) is 0. The first-order valence-electron chi connectivity index (χ1n) is 11.3. The second-order valence-corrected chi connectivity index (χ2v) is 8.34. The van der Waals surface area contributed by atoms with Crippen LogP contribution in [0.15, 0.2) is 59.9 Å². The second-order valence-electron chi connectivity index (χ2n) is 8.34. The maximum Gasteiger partial charge on any atom is 0.263 e. The molecule has 2 aromatic carbocycles. The number of hydrogen-bond donors (Lipinski definition) is 2. The third-order valence-electron chi connectivity index (χ3n) is 6.31. The predicted octanol–water partition coefficient (Wildman–Crippen LogP) is 3.71. The van der Waals surface area contributed by atoms with Crippen molar-refractivity contribution in [3.05, 3.63) is 59.9 Å². The summed E-state index contributed by atoms with van der Waals surface area (Å²) in [5.74, 6) is 0.960. The summed E-state index contributed by atoms with van der Waals surface area (Å²) in [4.78, 5) is 30.2. The van der Waals surface area contributed by atoms with Crippen LogP contribution in [-0.2, 0) is 9.59 Å². The van der Waals surface area contributed by atoms with Gasteiger partial charge in [-0.1, -0.05) is 12.1 Å². The van der Waals surface area contributed by atoms with Crippen LogP contribution in [-0.4, -0.2) is 44.0 Å². The van der Waals surface area contributed by atoms with E-state index in [1.54, 1.807) is 0 Å². The number of para-hydroxylation sites is 2. The van der Waals surface area contributed by atoms with Gasteiger partial charge in [-0.3, -0.25) is 9.59 Å². The van der Waals surface area contributed by atoms with E-state index in [1.807, 2.05) is 55.5 Å². The number of hydrogen-bond acceptors (Lipinski definition) is 6. The van der Waals surface area contributed by atoms with Crippen molar-refractivity contribution < 1.29 is 14.3 Å². The Balaban J connectivity index is 0.00000259. The van der Waals surface area contributed by atoms with Gasteiger partial charge in [-0.15, -0.1) is 12.4 Å². The van der Waals surface area contributed by atoms with Gasteiger partial charge >= 0.3 is 0 Å². The lowest BCUT2D eigenvalue weighted by Gasteiger charge is -2.30. The molecule has 1 amide bonds. The van der Waals surface area contributed by atoms with Crippen molar-refractivity contribution in [1.82, 2.24) is 5.32 Å². The zero-order valence-electron chi connectivity index (χ0n) is 18.7. The topological polar surface area (TPSA) is 73.9 Å². The van der Waals surface area contributed by atoms with Gasteiger partial charge in [-0.2, -0.15) is 0 Å². The summed E-state index contributed by atoms with van der Waals surface area (Å²) >= 11 is 0. The molecule has 33 heavy (non-hydrogen) atoms. The Bertz CT molecular complexity index is 1050. The summed E-state index contributed by atoms with van der Waals surface area (Å²) in [6, 6.07) is 15.8. The molecular formula is C25H29ClN4O3. The second kappa shape index (κ2) is 9.85. The van der Waals surface area contributed by atoms with Crippen LogP contribution >= 0.6 is 12.4 Å². The van der Waals surface area contributed by atoms with Crippen LogP contribution in [0.3, 0.4) is 0 Å². The Labute approximate surface area is 200 Å². The molecule has 5 rings (SSSR count). The number of nitrogens with zero attached hydrogens (tertiary/aromatic N) is 2. The fourth-order valence-corrected chi connectivity index (χ4v) is 4.73. The van der Waals surface area contributed by atoms with Crippen LogP contribution in [0.1, 0.15) is 26.2 Å². The summed E-state index contributed by atoms with van der Waals surface area (Å²) in [6.07, 6.45) is 2.64. The molecule has 1 fully saturated rings. The van der Waals surface area contributed by atoms with Crippen LogP contribution in [0.25, 0.3) is 0 Å². The molecule has 8 heteroatoms. The zero-order chi connectivity index (χ0) is 22.1. The minimum Gasteiger partial charge on any atom is -0.492 e. The fourth-order valence-electron chi connectivity index (χ4n) is 4.73. The predicted molar refractivity (Wildman–Crippen MR) is 132 cm³/mol. The third kappa shape index (κ3) is 4.43. The first kappa shape index (κ1) is 23.1. The highest BCUT2D eigenvalue weighted by atomic mass is 35.5. The first-order valence-corrected chi connectivity index (χ1v) is 11.3. The molecule has 3 heterocycles. The molecule has 0 radical (unpaired) electrons. The van der Waals surface area contributed by atoms with E-state index in [0.29, 0.717) is 43.7 Å². The number of rotatable bonds is 6. The van der Waals surface area contributed by atoms with E-state index in [2.05, 4.69) is 20.4 Å². The fraction of sp³-hybridized carbons (Fsp3) is 0.360. The maximum atomic E-state index is 13.2. The van der Waals surface area contributed by atoms with Crippen LogP contribution < -0.4 is 25.2 Å². The summed E-state index contributed by atoms with van der Waals surface area (Å²) < 4.78 is 5.85. The lowest BCUT2D eigenvalue weighted by molar-refractivity contribution is -0.120. The largest absolute Gasteiger partial charge is 0.492 e. The maximum absolute atomic E-state index is 13.2. The molecule has 2 aromatic rings. The minimum atomic E-state index is -0.371. The Morgan fingerprint density at radius 2 is 1.91 bits per heavy atom. The van der Waals surface area contributed by atoms with Crippen molar-refractivity contribution >= 4 is 41.2 Å². The molecule has 7 nitrogen and oxygen atoms in total. The Morgan fingerprint density at radius 3 is 2.61 bits per heavy atom. The summed E-state index contributed by atoms with van der Waals surface area (Å²) in [5, 5.41) is 6.32. The van der Waals surface area contributed by atoms with E-state index in [1.165, 1.54) is 6.42 Å². The Hall–Kier alpha value is -3.03. The molecule has 0 unspecified atom stereocenters. The average molecular weight is 469 g/mol. The highest BCUT2D eigenvalue weighted by molar-refractivity contribution is 6.25. The SMILES string of the molecule is CCN1C2=C(C(=O)Nc3ccc(OC[C@H]4CCCN4)cc3)C(=O)CCN2c2ccccc21.Cl. The van der Waals surface area contributed by atoms with Gasteiger partial charge in [-0.05, 0) is 62.7 Å². The molecule has 3 aliphatic heterocycles. The van der Waals surface area contributed by atoms with Crippen molar-refractivity contribution in [3.63, 3.8) is 0 Å². The van der Waals surface area contributed by atoms with Gasteiger partial charge in [0.25, 0.3) is 5.91 Å². The Morgan fingerprint density at radius 1 is 1.15 bits per heavy atom. The number of anilines is 3. The molecule has 2 N–H and O–H groups in total. The van der Waals surface area contributed by atoms with Crippen LogP contribution in [0.4, 0.5) is 17.1 Å². The van der Waals surface area contributed by atoms with Gasteiger partial charge in [0.15, 0.2) is 5.78 Å². The number of nitrogens with one attached hydrogen (secondary N) is 2. The molecule has 0 bridgehead atoms. The van der Waals surface area contributed by atoms with Crippen LogP contribution in [0.2, 0.25) is 0 Å². The standard InChI is InChI=1S/C25H28N4O3.ClH/c1-2-28-20-7-3-4-8-21(20)29-15-13-22(30)23(25(28)29)24(31)27-17-9-11-19(12-10-17)32-16-18-6-5-14-26-18;/h3-4,7-12,18,26H,2,5-6,13-16H2,1H3,(H,27,31);1H/t18-;/m1./s1. The van der Waals surface area contributed by atoms with Gasteiger partial charge in [-0.25, -0.2) is 0 Å². The van der Waals surface area contributed by atoms with Crippen molar-refractivity contribution in [1.29, 1.82) is 0 Å². The van der Waals surface area contributed by atoms with E-state index >= 15 is 0 Å². The van der Waals surface area contributed by atoms with Crippen molar-refractivity contribution in [2.45, 2.75) is 32.2 Å². The van der Waals surface area contributed by atoms with E-state index < -0.39 is 0 Å². The molecule has 0 aromatic heterocycles. The number of amides is 1. The lowest BCUT2D eigenvalue weighted by Crippen LogP contribution is -2.40. The van der Waals surface area contributed by atoms with E-state index in [9.17, 15) is 9.59 Å². The van der Waals surface area contributed by atoms with E-state index in [0.717, 1.165) is 30.1 Å². The normalized spacial score (nSPS) is 19.2. The number of ketones is 1. The van der Waals surface area contributed by atoms with Crippen molar-refractivity contribution in [2.75, 3.05) is 41.4 Å². The quantitative estimate of drug-likeness (QED) is 0.630. The minimum absolute atomic E-state index is 0. The van der Waals surface area contributed by atoms with E-state index in [4.69, 9.17) is 4.74 Å². The number of fused-ring (bicyclic) bond motifs is 3. The third-order valence-corrected chi connectivity index (χ3v) is 6.31. The molecule has 3 aliphatic rings. The van der Waals surface area contributed by atoms with Gasteiger partial charge in [0.05, 0.1) is 11.4 Å². The zero-order valence-corrected chi connectivity index (χ0v) is 19.5. The number of benzene rings is 2. The number of carbonyl (C=O) groups excluding carboxylic acids is 2. The first-order chi connectivity index (χ1) is 15.7.